The van der Waals surface area contributed by atoms with Gasteiger partial charge in [-0.1, -0.05) is 18.2 Å². The predicted molar refractivity (Wildman–Crippen MR) is 155 cm³/mol. The van der Waals surface area contributed by atoms with Gasteiger partial charge in [0.25, 0.3) is 0 Å². The van der Waals surface area contributed by atoms with Crippen LogP contribution >= 0.6 is 15.9 Å². The molecule has 9 nitrogen and oxygen atoms in total. The third-order valence-corrected chi connectivity index (χ3v) is 6.37. The predicted octanol–water partition coefficient (Wildman–Crippen LogP) is 5.90. The zero-order chi connectivity index (χ0) is 28.4. The summed E-state index contributed by atoms with van der Waals surface area (Å²) in [6, 6.07) is 18.6. The number of benzene rings is 3. The second-order valence-electron chi connectivity index (χ2n) is 8.20. The number of nitrogens with one attached hydrogen (secondary N) is 1. The Morgan fingerprint density at radius 3 is 2.33 bits per heavy atom. The van der Waals surface area contributed by atoms with E-state index in [0.29, 0.717) is 34.1 Å². The van der Waals surface area contributed by atoms with Crippen molar-refractivity contribution in [1.29, 1.82) is 0 Å². The Morgan fingerprint density at radius 2 is 1.72 bits per heavy atom. The Hall–Kier alpha value is -4.31. The molecule has 3 rings (SSSR count). The number of nitrogens with zero attached hydrogens (tertiary/aromatic N) is 2. The van der Waals surface area contributed by atoms with Crippen molar-refractivity contribution in [3.8, 4) is 11.5 Å². The third kappa shape index (κ3) is 7.61. The molecule has 3 aromatic carbocycles. The molecule has 3 aromatic rings. The summed E-state index contributed by atoms with van der Waals surface area (Å²) >= 11 is 3.44. The number of para-hydroxylation sites is 1. The minimum atomic E-state index is -0.432. The van der Waals surface area contributed by atoms with Gasteiger partial charge >= 0.3 is 12.0 Å². The number of halogens is 1. The van der Waals surface area contributed by atoms with E-state index < -0.39 is 5.97 Å². The molecule has 0 bridgehead atoms. The van der Waals surface area contributed by atoms with E-state index in [9.17, 15) is 14.4 Å². The van der Waals surface area contributed by atoms with Crippen LogP contribution in [0.3, 0.4) is 0 Å². The molecule has 0 saturated carbocycles. The lowest BCUT2D eigenvalue weighted by Crippen LogP contribution is -2.36. The minimum Gasteiger partial charge on any atom is -0.494 e. The molecule has 0 aromatic heterocycles. The van der Waals surface area contributed by atoms with Crippen molar-refractivity contribution in [2.45, 2.75) is 6.92 Å². The van der Waals surface area contributed by atoms with Crippen molar-refractivity contribution in [3.63, 3.8) is 0 Å². The molecule has 0 atom stereocenters. The van der Waals surface area contributed by atoms with Gasteiger partial charge in [0.15, 0.2) is 0 Å². The van der Waals surface area contributed by atoms with Crippen molar-refractivity contribution >= 4 is 50.9 Å². The molecule has 0 aliphatic carbocycles. The molecule has 10 heteroatoms. The van der Waals surface area contributed by atoms with Crippen LogP contribution in [0, 0.1) is 0 Å². The first-order valence-electron chi connectivity index (χ1n) is 12.0. The number of carbonyl (C=O) groups excluding carboxylic acids is 3. The summed E-state index contributed by atoms with van der Waals surface area (Å²) in [6.45, 7) is 5.92. The van der Waals surface area contributed by atoms with Crippen molar-refractivity contribution < 1.29 is 28.6 Å². The standard InChI is InChI=1S/C29H30BrN3O6/c1-5-16-33(29(36)31-25-9-7-6-8-24(25)30)26-15-12-22(19-27(26)37-3)32(20(2)34)17-18-39-23-13-10-21(11-14-23)28(35)38-4/h5-15,19H,1,16-18H2,2-4H3,(H,31,36). The fourth-order valence-electron chi connectivity index (χ4n) is 3.75. The maximum absolute atomic E-state index is 13.2. The second kappa shape index (κ2) is 14.0. The normalized spacial score (nSPS) is 10.3. The van der Waals surface area contributed by atoms with Crippen molar-refractivity contribution in [2.24, 2.45) is 0 Å². The van der Waals surface area contributed by atoms with E-state index in [4.69, 9.17) is 14.2 Å². The fourth-order valence-corrected chi connectivity index (χ4v) is 4.13. The first-order chi connectivity index (χ1) is 18.8. The molecule has 3 amide bonds. The number of amides is 3. The lowest BCUT2D eigenvalue weighted by atomic mass is 10.2. The molecule has 0 aliphatic rings. The van der Waals surface area contributed by atoms with Gasteiger partial charge in [-0.2, -0.15) is 0 Å². The van der Waals surface area contributed by atoms with E-state index in [0.717, 1.165) is 4.47 Å². The topological polar surface area (TPSA) is 97.4 Å². The molecule has 0 unspecified atom stereocenters. The number of hydrogen-bond donors (Lipinski definition) is 1. The van der Waals surface area contributed by atoms with Crippen LogP contribution in [0.2, 0.25) is 0 Å². The molecule has 1 N–H and O–H groups in total. The van der Waals surface area contributed by atoms with Gasteiger partial charge in [0.1, 0.15) is 18.1 Å². The highest BCUT2D eigenvalue weighted by atomic mass is 79.9. The van der Waals surface area contributed by atoms with Crippen LogP contribution in [-0.4, -0.2) is 51.8 Å². The SMILES string of the molecule is C=CCN(C(=O)Nc1ccccc1Br)c1ccc(N(CCOc2ccc(C(=O)OC)cc2)C(C)=O)cc1OC. The Balaban J connectivity index is 1.76. The summed E-state index contributed by atoms with van der Waals surface area (Å²) in [5.74, 6) is 0.334. The van der Waals surface area contributed by atoms with E-state index in [1.807, 2.05) is 18.2 Å². The average Bonchev–Trinajstić information content (AvgIpc) is 2.94. The fraction of sp³-hybridized carbons (Fsp3) is 0.207. The van der Waals surface area contributed by atoms with Crippen LogP contribution in [0.25, 0.3) is 0 Å². The lowest BCUT2D eigenvalue weighted by molar-refractivity contribution is -0.116. The van der Waals surface area contributed by atoms with Gasteiger partial charge in [0.05, 0.1) is 37.7 Å². The Morgan fingerprint density at radius 1 is 1.00 bits per heavy atom. The summed E-state index contributed by atoms with van der Waals surface area (Å²) in [5, 5.41) is 2.89. The molecule has 0 fully saturated rings. The highest BCUT2D eigenvalue weighted by molar-refractivity contribution is 9.10. The quantitative estimate of drug-likeness (QED) is 0.219. The summed E-state index contributed by atoms with van der Waals surface area (Å²) in [6.07, 6.45) is 1.61. The lowest BCUT2D eigenvalue weighted by Gasteiger charge is -2.26. The molecule has 39 heavy (non-hydrogen) atoms. The van der Waals surface area contributed by atoms with Crippen LogP contribution < -0.4 is 24.6 Å². The molecule has 0 heterocycles. The Labute approximate surface area is 236 Å². The summed E-state index contributed by atoms with van der Waals surface area (Å²) in [4.78, 5) is 40.3. The Kier molecular flexibility index (Phi) is 10.5. The third-order valence-electron chi connectivity index (χ3n) is 5.68. The van der Waals surface area contributed by atoms with Crippen molar-refractivity contribution in [2.75, 3.05) is 49.0 Å². The van der Waals surface area contributed by atoms with Crippen LogP contribution in [0.15, 0.2) is 83.9 Å². The number of ether oxygens (including phenoxy) is 3. The van der Waals surface area contributed by atoms with E-state index in [2.05, 4.69) is 27.8 Å². The summed E-state index contributed by atoms with van der Waals surface area (Å²) < 4.78 is 16.8. The maximum atomic E-state index is 13.2. The summed E-state index contributed by atoms with van der Waals surface area (Å²) in [7, 11) is 2.82. The first-order valence-corrected chi connectivity index (χ1v) is 12.8. The molecule has 0 radical (unpaired) electrons. The van der Waals surface area contributed by atoms with Crippen molar-refractivity contribution in [3.05, 3.63) is 89.4 Å². The highest BCUT2D eigenvalue weighted by Crippen LogP contribution is 2.34. The molecule has 0 spiro atoms. The molecular formula is C29H30BrN3O6. The van der Waals surface area contributed by atoms with Gasteiger partial charge in [0.2, 0.25) is 5.91 Å². The number of urea groups is 1. The van der Waals surface area contributed by atoms with Gasteiger partial charge in [0, 0.05) is 29.7 Å². The number of carbonyl (C=O) groups is 3. The van der Waals surface area contributed by atoms with Gasteiger partial charge in [-0.05, 0) is 64.5 Å². The second-order valence-corrected chi connectivity index (χ2v) is 9.05. The maximum Gasteiger partial charge on any atom is 0.337 e. The Bertz CT molecular complexity index is 1330. The van der Waals surface area contributed by atoms with E-state index in [1.54, 1.807) is 59.5 Å². The van der Waals surface area contributed by atoms with Crippen molar-refractivity contribution in [1.82, 2.24) is 0 Å². The van der Waals surface area contributed by atoms with E-state index in [1.165, 1.54) is 26.0 Å². The largest absolute Gasteiger partial charge is 0.494 e. The zero-order valence-electron chi connectivity index (χ0n) is 22.0. The summed E-state index contributed by atoms with van der Waals surface area (Å²) in [5.41, 5.74) is 2.13. The zero-order valence-corrected chi connectivity index (χ0v) is 23.6. The number of anilines is 3. The minimum absolute atomic E-state index is 0.191. The van der Waals surface area contributed by atoms with Gasteiger partial charge in [-0.15, -0.1) is 6.58 Å². The first kappa shape index (κ1) is 29.2. The van der Waals surface area contributed by atoms with E-state index >= 15 is 0 Å². The van der Waals surface area contributed by atoms with E-state index in [-0.39, 0.29) is 31.6 Å². The molecule has 204 valence electrons. The van der Waals surface area contributed by atoms with Crippen LogP contribution in [0.4, 0.5) is 21.9 Å². The molecule has 0 aliphatic heterocycles. The molecular weight excluding hydrogens is 566 g/mol. The molecule has 0 saturated heterocycles. The van der Waals surface area contributed by atoms with Gasteiger partial charge in [-0.25, -0.2) is 9.59 Å². The average molecular weight is 596 g/mol. The highest BCUT2D eigenvalue weighted by Gasteiger charge is 2.22. The van der Waals surface area contributed by atoms with Crippen LogP contribution in [0.1, 0.15) is 17.3 Å². The van der Waals surface area contributed by atoms with Crippen LogP contribution in [-0.2, 0) is 9.53 Å². The number of methoxy groups -OCH3 is 2. The monoisotopic (exact) mass is 595 g/mol. The van der Waals surface area contributed by atoms with Crippen LogP contribution in [0.5, 0.6) is 11.5 Å². The smallest absolute Gasteiger partial charge is 0.337 e. The van der Waals surface area contributed by atoms with Gasteiger partial charge < -0.3 is 24.4 Å². The number of esters is 1. The number of hydrogen-bond acceptors (Lipinski definition) is 6. The van der Waals surface area contributed by atoms with Gasteiger partial charge in [-0.3, -0.25) is 9.69 Å². The number of rotatable bonds is 11.